The fourth-order valence-electron chi connectivity index (χ4n) is 2.68. The summed E-state index contributed by atoms with van der Waals surface area (Å²) in [5.41, 5.74) is 8.10. The Morgan fingerprint density at radius 2 is 1.76 bits per heavy atom. The number of hydrogen-bond acceptors (Lipinski definition) is 3. The van der Waals surface area contributed by atoms with E-state index < -0.39 is 0 Å². The molecule has 1 aliphatic heterocycles. The Labute approximate surface area is 141 Å². The number of aliphatic imine (C=N–C) groups is 1. The Hall–Kier alpha value is -1.33. The van der Waals surface area contributed by atoms with Crippen molar-refractivity contribution in [2.75, 3.05) is 11.4 Å². The fraction of sp³-hybridized carbons (Fsp3) is 0.188. The molecule has 0 aliphatic carbocycles. The van der Waals surface area contributed by atoms with Gasteiger partial charge in [0.1, 0.15) is 0 Å². The Morgan fingerprint density at radius 3 is 2.43 bits per heavy atom. The number of halogens is 2. The monoisotopic (exact) mass is 407 g/mol. The molecule has 0 saturated carbocycles. The van der Waals surface area contributed by atoms with Gasteiger partial charge < -0.3 is 5.73 Å². The van der Waals surface area contributed by atoms with E-state index in [1.54, 1.807) is 0 Å². The summed E-state index contributed by atoms with van der Waals surface area (Å²) in [7, 11) is 0. The van der Waals surface area contributed by atoms with E-state index in [1.807, 2.05) is 30.3 Å². The maximum absolute atomic E-state index is 6.17. The molecule has 0 amide bonds. The molecule has 108 valence electrons. The van der Waals surface area contributed by atoms with Gasteiger partial charge >= 0.3 is 0 Å². The minimum atomic E-state index is -0.283. The summed E-state index contributed by atoms with van der Waals surface area (Å²) in [5, 5.41) is 0. The van der Waals surface area contributed by atoms with Crippen molar-refractivity contribution in [1.29, 1.82) is 0 Å². The van der Waals surface area contributed by atoms with Crippen LogP contribution in [0, 0.1) is 0 Å². The van der Waals surface area contributed by atoms with Crippen molar-refractivity contribution in [3.63, 3.8) is 0 Å². The van der Waals surface area contributed by atoms with Crippen LogP contribution in [-0.4, -0.2) is 12.5 Å². The number of rotatable bonds is 2. The third kappa shape index (κ3) is 2.49. The van der Waals surface area contributed by atoms with Gasteiger partial charge in [0.15, 0.2) is 5.96 Å². The molecule has 2 aromatic carbocycles. The van der Waals surface area contributed by atoms with Crippen LogP contribution in [0.3, 0.4) is 0 Å². The average molecular weight is 409 g/mol. The Balaban J connectivity index is 2.10. The van der Waals surface area contributed by atoms with Gasteiger partial charge in [0, 0.05) is 8.95 Å². The van der Waals surface area contributed by atoms with E-state index in [0.29, 0.717) is 12.5 Å². The molecule has 1 unspecified atom stereocenters. The van der Waals surface area contributed by atoms with Gasteiger partial charge in [0.05, 0.1) is 17.8 Å². The van der Waals surface area contributed by atoms with Crippen LogP contribution >= 0.6 is 31.9 Å². The molecule has 3 rings (SSSR count). The number of benzene rings is 2. The van der Waals surface area contributed by atoms with Crippen LogP contribution in [0.4, 0.5) is 5.69 Å². The van der Waals surface area contributed by atoms with Crippen molar-refractivity contribution in [2.24, 2.45) is 10.7 Å². The molecule has 2 aromatic rings. The van der Waals surface area contributed by atoms with Crippen LogP contribution in [0.2, 0.25) is 0 Å². The SMILES string of the molecule is CC1(c2ccc(Br)cc2)CN=C(N)N1c1ccccc1Br. The van der Waals surface area contributed by atoms with Gasteiger partial charge in [-0.3, -0.25) is 9.89 Å². The van der Waals surface area contributed by atoms with Gasteiger partial charge in [-0.1, -0.05) is 40.2 Å². The molecular formula is C16H15Br2N3. The molecule has 3 nitrogen and oxygen atoms in total. The zero-order valence-electron chi connectivity index (χ0n) is 11.6. The summed E-state index contributed by atoms with van der Waals surface area (Å²) >= 11 is 7.09. The summed E-state index contributed by atoms with van der Waals surface area (Å²) in [5.74, 6) is 0.548. The number of nitrogens with zero attached hydrogens (tertiary/aromatic N) is 2. The first-order valence-corrected chi connectivity index (χ1v) is 8.22. The summed E-state index contributed by atoms with van der Waals surface area (Å²) in [4.78, 5) is 6.57. The Morgan fingerprint density at radius 1 is 1.10 bits per heavy atom. The molecule has 0 aromatic heterocycles. The maximum atomic E-state index is 6.17. The van der Waals surface area contributed by atoms with Crippen LogP contribution in [0.25, 0.3) is 0 Å². The molecule has 0 radical (unpaired) electrons. The van der Waals surface area contributed by atoms with Gasteiger partial charge in [0.2, 0.25) is 0 Å². The van der Waals surface area contributed by atoms with Crippen molar-refractivity contribution >= 4 is 43.5 Å². The summed E-state index contributed by atoms with van der Waals surface area (Å²) in [6, 6.07) is 16.4. The van der Waals surface area contributed by atoms with E-state index in [1.165, 1.54) is 5.56 Å². The molecule has 0 fully saturated rings. The molecule has 1 heterocycles. The van der Waals surface area contributed by atoms with Crippen molar-refractivity contribution in [3.05, 3.63) is 63.0 Å². The van der Waals surface area contributed by atoms with Crippen LogP contribution in [0.1, 0.15) is 12.5 Å². The first-order valence-electron chi connectivity index (χ1n) is 6.63. The largest absolute Gasteiger partial charge is 0.369 e. The second-order valence-electron chi connectivity index (χ2n) is 5.24. The quantitative estimate of drug-likeness (QED) is 0.806. The predicted molar refractivity (Wildman–Crippen MR) is 94.6 cm³/mol. The molecule has 2 N–H and O–H groups in total. The summed E-state index contributed by atoms with van der Waals surface area (Å²) in [6.07, 6.45) is 0. The standard InChI is InChI=1S/C16H15Br2N3/c1-16(11-6-8-12(17)9-7-11)10-20-15(19)21(16)14-5-3-2-4-13(14)18/h2-9H,10H2,1H3,(H2,19,20). The number of hydrogen-bond donors (Lipinski definition) is 1. The fourth-order valence-corrected chi connectivity index (χ4v) is 3.41. The van der Waals surface area contributed by atoms with Crippen LogP contribution in [0.5, 0.6) is 0 Å². The van der Waals surface area contributed by atoms with Crippen molar-refractivity contribution in [3.8, 4) is 0 Å². The molecule has 5 heteroatoms. The number of para-hydroxylation sites is 1. The van der Waals surface area contributed by atoms with Crippen LogP contribution in [0.15, 0.2) is 62.5 Å². The summed E-state index contributed by atoms with van der Waals surface area (Å²) < 4.78 is 2.07. The first kappa shape index (κ1) is 14.6. The van der Waals surface area contributed by atoms with Gasteiger partial charge in [-0.25, -0.2) is 0 Å². The second-order valence-corrected chi connectivity index (χ2v) is 7.01. The van der Waals surface area contributed by atoms with Gasteiger partial charge in [-0.15, -0.1) is 0 Å². The lowest BCUT2D eigenvalue weighted by molar-refractivity contribution is 0.532. The molecule has 1 aliphatic rings. The van der Waals surface area contributed by atoms with Crippen molar-refractivity contribution in [1.82, 2.24) is 0 Å². The molecule has 21 heavy (non-hydrogen) atoms. The summed E-state index contributed by atoms with van der Waals surface area (Å²) in [6.45, 7) is 2.81. The first-order chi connectivity index (χ1) is 10.0. The predicted octanol–water partition coefficient (Wildman–Crippen LogP) is 4.26. The highest BCUT2D eigenvalue weighted by Crippen LogP contribution is 2.39. The van der Waals surface area contributed by atoms with Crippen molar-refractivity contribution in [2.45, 2.75) is 12.5 Å². The second kappa shape index (κ2) is 5.46. The van der Waals surface area contributed by atoms with E-state index in [4.69, 9.17) is 5.73 Å². The highest BCUT2D eigenvalue weighted by atomic mass is 79.9. The lowest BCUT2D eigenvalue weighted by Crippen LogP contribution is -2.47. The lowest BCUT2D eigenvalue weighted by atomic mass is 9.90. The molecule has 1 atom stereocenters. The van der Waals surface area contributed by atoms with Crippen LogP contribution < -0.4 is 10.6 Å². The maximum Gasteiger partial charge on any atom is 0.196 e. The topological polar surface area (TPSA) is 41.6 Å². The lowest BCUT2D eigenvalue weighted by Gasteiger charge is -2.37. The highest BCUT2D eigenvalue weighted by molar-refractivity contribution is 9.10. The minimum Gasteiger partial charge on any atom is -0.369 e. The highest BCUT2D eigenvalue weighted by Gasteiger charge is 2.41. The number of guanidine groups is 1. The van der Waals surface area contributed by atoms with E-state index in [0.717, 1.165) is 14.6 Å². The smallest absolute Gasteiger partial charge is 0.196 e. The number of nitrogens with two attached hydrogens (primary N) is 1. The molecule has 0 saturated heterocycles. The van der Waals surface area contributed by atoms with E-state index in [9.17, 15) is 0 Å². The third-order valence-electron chi connectivity index (χ3n) is 3.83. The van der Waals surface area contributed by atoms with Gasteiger partial charge in [0.25, 0.3) is 0 Å². The third-order valence-corrected chi connectivity index (χ3v) is 5.03. The van der Waals surface area contributed by atoms with E-state index in [-0.39, 0.29) is 5.54 Å². The minimum absolute atomic E-state index is 0.283. The number of anilines is 1. The molecule has 0 spiro atoms. The van der Waals surface area contributed by atoms with Gasteiger partial charge in [-0.05, 0) is 52.7 Å². The average Bonchev–Trinajstić information content (AvgIpc) is 2.77. The Kier molecular flexibility index (Phi) is 3.80. The van der Waals surface area contributed by atoms with Crippen LogP contribution in [-0.2, 0) is 5.54 Å². The zero-order chi connectivity index (χ0) is 15.0. The molecular weight excluding hydrogens is 394 g/mol. The normalized spacial score (nSPS) is 21.5. The zero-order valence-corrected chi connectivity index (χ0v) is 14.7. The van der Waals surface area contributed by atoms with Gasteiger partial charge in [-0.2, -0.15) is 0 Å². The van der Waals surface area contributed by atoms with E-state index in [2.05, 4.69) is 66.9 Å². The van der Waals surface area contributed by atoms with Crippen molar-refractivity contribution < 1.29 is 0 Å². The Bertz CT molecular complexity index is 697. The molecule has 0 bridgehead atoms. The van der Waals surface area contributed by atoms with E-state index >= 15 is 0 Å².